The van der Waals surface area contributed by atoms with E-state index >= 15 is 0 Å². The largest absolute Gasteiger partial charge is 0.444 e. The molecule has 1 aromatic carbocycles. The average Bonchev–Trinajstić information content (AvgIpc) is 3.21. The minimum Gasteiger partial charge on any atom is -0.444 e. The quantitative estimate of drug-likeness (QED) is 0.249. The first-order valence-corrected chi connectivity index (χ1v) is 16.4. The highest BCUT2D eigenvalue weighted by Gasteiger charge is 2.39. The second-order valence-electron chi connectivity index (χ2n) is 11.6. The Morgan fingerprint density at radius 2 is 1.78 bits per heavy atom. The number of ether oxygens (including phenoxy) is 1. The molecule has 0 bridgehead atoms. The maximum Gasteiger partial charge on any atom is 0.416 e. The van der Waals surface area contributed by atoms with Crippen molar-refractivity contribution in [2.75, 3.05) is 23.7 Å². The van der Waals surface area contributed by atoms with E-state index in [1.165, 1.54) is 27.4 Å². The molecule has 5 rings (SSSR count). The van der Waals surface area contributed by atoms with Gasteiger partial charge in [-0.2, -0.15) is 18.2 Å². The molecule has 14 heteroatoms. The molecule has 0 radical (unpaired) electrons. The standard InChI is InChI=1S/C27H31ClF4N4O3S2/c1-14-9-34(10-15(2)36(14)25(38)39-26(3,4)5)23-19-6-17(27(30,31)32)7-21-22(19)35(24(37)33-23)11-16(13-41(21)28)20-8-18(29)12-40-20/h6-8,12,14-16,41H,9-11,13H2,1-5H3/t14-,15+,16-/m0/s1. The lowest BCUT2D eigenvalue weighted by molar-refractivity contribution is -0.137. The highest BCUT2D eigenvalue weighted by atomic mass is 35.7. The zero-order valence-electron chi connectivity index (χ0n) is 23.1. The topological polar surface area (TPSA) is 67.7 Å². The smallest absolute Gasteiger partial charge is 0.416 e. The number of piperazine rings is 1. The Morgan fingerprint density at radius 3 is 2.34 bits per heavy atom. The summed E-state index contributed by atoms with van der Waals surface area (Å²) in [5.74, 6) is -0.367. The molecule has 41 heavy (non-hydrogen) atoms. The van der Waals surface area contributed by atoms with Gasteiger partial charge in [0.25, 0.3) is 0 Å². The van der Waals surface area contributed by atoms with Gasteiger partial charge in [-0.05, 0) is 52.8 Å². The number of aromatic nitrogens is 2. The van der Waals surface area contributed by atoms with Crippen LogP contribution in [0.15, 0.2) is 33.3 Å². The molecule has 7 nitrogen and oxygen atoms in total. The second kappa shape index (κ2) is 10.6. The number of rotatable bonds is 2. The van der Waals surface area contributed by atoms with E-state index in [4.69, 9.17) is 15.4 Å². The van der Waals surface area contributed by atoms with Gasteiger partial charge in [0.2, 0.25) is 0 Å². The maximum atomic E-state index is 14.1. The van der Waals surface area contributed by atoms with E-state index in [2.05, 4.69) is 4.98 Å². The fourth-order valence-corrected chi connectivity index (χ4v) is 9.11. The maximum absolute atomic E-state index is 14.1. The van der Waals surface area contributed by atoms with E-state index in [0.717, 1.165) is 12.1 Å². The Kier molecular flexibility index (Phi) is 7.78. The third kappa shape index (κ3) is 5.90. The molecule has 2 aromatic heterocycles. The summed E-state index contributed by atoms with van der Waals surface area (Å²) in [7, 11) is 5.19. The minimum atomic E-state index is -4.66. The van der Waals surface area contributed by atoms with E-state index in [1.54, 1.807) is 30.6 Å². The number of carbonyl (C=O) groups is 1. The predicted octanol–water partition coefficient (Wildman–Crippen LogP) is 6.76. The van der Waals surface area contributed by atoms with Gasteiger partial charge in [-0.1, -0.05) is 10.7 Å². The van der Waals surface area contributed by atoms with Gasteiger partial charge >= 0.3 is 18.0 Å². The number of thiophene rings is 1. The van der Waals surface area contributed by atoms with Gasteiger partial charge in [-0.3, -0.25) is 9.47 Å². The number of thiol groups is 1. The lowest BCUT2D eigenvalue weighted by atomic mass is 10.1. The Morgan fingerprint density at radius 1 is 1.12 bits per heavy atom. The van der Waals surface area contributed by atoms with Crippen LogP contribution >= 0.6 is 32.1 Å². The Balaban J connectivity index is 1.63. The lowest BCUT2D eigenvalue weighted by Gasteiger charge is -2.45. The molecule has 0 aliphatic carbocycles. The molecule has 1 unspecified atom stereocenters. The van der Waals surface area contributed by atoms with E-state index in [9.17, 15) is 27.2 Å². The Hall–Kier alpha value is -2.51. The van der Waals surface area contributed by atoms with Crippen LogP contribution in [0.4, 0.5) is 28.2 Å². The van der Waals surface area contributed by atoms with E-state index < -0.39 is 45.0 Å². The molecule has 4 heterocycles. The van der Waals surface area contributed by atoms with E-state index in [1.807, 2.05) is 13.8 Å². The average molecular weight is 635 g/mol. The monoisotopic (exact) mass is 634 g/mol. The number of hydrogen-bond acceptors (Lipinski definition) is 6. The third-order valence-corrected chi connectivity index (χ3v) is 10.9. The first-order chi connectivity index (χ1) is 19.0. The number of alkyl halides is 3. The highest BCUT2D eigenvalue weighted by molar-refractivity contribution is 8.36. The molecule has 1 saturated heterocycles. The summed E-state index contributed by atoms with van der Waals surface area (Å²) in [4.78, 5) is 35.1. The number of nitrogens with zero attached hydrogens (tertiary/aromatic N) is 4. The van der Waals surface area contributed by atoms with Gasteiger partial charge in [0.15, 0.2) is 0 Å². The fraction of sp³-hybridized carbons (Fsp3) is 0.519. The predicted molar refractivity (Wildman–Crippen MR) is 155 cm³/mol. The summed E-state index contributed by atoms with van der Waals surface area (Å²) in [6, 6.07) is 2.68. The summed E-state index contributed by atoms with van der Waals surface area (Å²) in [6.45, 7) is 9.53. The number of anilines is 1. The molecule has 3 aromatic rings. The van der Waals surface area contributed by atoms with Crippen molar-refractivity contribution in [2.45, 2.75) is 75.8 Å². The minimum absolute atomic E-state index is 0.117. The zero-order chi connectivity index (χ0) is 30.0. The van der Waals surface area contributed by atoms with Crippen molar-refractivity contribution in [2.24, 2.45) is 0 Å². The molecule has 2 aliphatic rings. The van der Waals surface area contributed by atoms with Crippen molar-refractivity contribution in [3.8, 4) is 0 Å². The van der Waals surface area contributed by atoms with Gasteiger partial charge in [0, 0.05) is 51.8 Å². The molecule has 224 valence electrons. The van der Waals surface area contributed by atoms with Crippen molar-refractivity contribution in [1.29, 1.82) is 0 Å². The van der Waals surface area contributed by atoms with Crippen LogP contribution < -0.4 is 10.6 Å². The van der Waals surface area contributed by atoms with Crippen molar-refractivity contribution in [3.05, 3.63) is 50.3 Å². The number of halogens is 5. The van der Waals surface area contributed by atoms with Crippen LogP contribution in [0.2, 0.25) is 0 Å². The SMILES string of the molecule is C[C@@H]1CN(c2nc(=O)n3c4c(cc(C(F)(F)F)cc24)[SH](Cl)C[C@@H](c2cc(F)cs2)C3)C[C@H](C)N1C(=O)OC(C)(C)C. The van der Waals surface area contributed by atoms with Crippen molar-refractivity contribution < 1.29 is 27.1 Å². The van der Waals surface area contributed by atoms with Gasteiger partial charge in [-0.15, -0.1) is 21.4 Å². The molecular formula is C27H31ClF4N4O3S2. The number of benzene rings is 1. The van der Waals surface area contributed by atoms with Gasteiger partial charge < -0.3 is 9.64 Å². The summed E-state index contributed by atoms with van der Waals surface area (Å²) < 4.78 is 63.2. The molecule has 0 spiro atoms. The van der Waals surface area contributed by atoms with Gasteiger partial charge in [-0.25, -0.2) is 14.0 Å². The fourth-order valence-electron chi connectivity index (χ4n) is 5.60. The Bertz CT molecular complexity index is 1540. The molecule has 0 N–H and O–H groups in total. The molecule has 1 amide bonds. The van der Waals surface area contributed by atoms with Crippen molar-refractivity contribution in [1.82, 2.24) is 14.5 Å². The molecule has 0 saturated carbocycles. The van der Waals surface area contributed by atoms with E-state index in [0.29, 0.717) is 10.4 Å². The highest BCUT2D eigenvalue weighted by Crippen LogP contribution is 2.52. The van der Waals surface area contributed by atoms with Gasteiger partial charge in [0.05, 0.1) is 23.2 Å². The van der Waals surface area contributed by atoms with Crippen LogP contribution in [0.1, 0.15) is 51.0 Å². The number of carbonyl (C=O) groups excluding carboxylic acids is 1. The first kappa shape index (κ1) is 30.0. The third-order valence-electron chi connectivity index (χ3n) is 7.22. The summed E-state index contributed by atoms with van der Waals surface area (Å²) in [5, 5.41) is 1.52. The van der Waals surface area contributed by atoms with Crippen LogP contribution in [0, 0.1) is 5.82 Å². The number of hydrogen-bond donors (Lipinski definition) is 1. The van der Waals surface area contributed by atoms with Crippen LogP contribution in [0.3, 0.4) is 0 Å². The normalized spacial score (nSPS) is 24.4. The number of amides is 1. The molecule has 2 aliphatic heterocycles. The van der Waals surface area contributed by atoms with Crippen LogP contribution in [-0.4, -0.2) is 57.1 Å². The second-order valence-corrected chi connectivity index (χ2v) is 15.4. The van der Waals surface area contributed by atoms with Crippen LogP contribution in [-0.2, 0) is 17.5 Å². The Labute approximate surface area is 245 Å². The molecular weight excluding hydrogens is 604 g/mol. The van der Waals surface area contributed by atoms with Crippen molar-refractivity contribution >= 4 is 54.9 Å². The molecule has 4 atom stereocenters. The zero-order valence-corrected chi connectivity index (χ0v) is 25.6. The summed E-state index contributed by atoms with van der Waals surface area (Å²) in [5.41, 5.74) is -1.87. The van der Waals surface area contributed by atoms with Crippen LogP contribution in [0.5, 0.6) is 0 Å². The van der Waals surface area contributed by atoms with Gasteiger partial charge in [0.1, 0.15) is 17.2 Å². The summed E-state index contributed by atoms with van der Waals surface area (Å²) >= 11 is 1.19. The van der Waals surface area contributed by atoms with E-state index in [-0.39, 0.29) is 59.5 Å². The first-order valence-electron chi connectivity index (χ1n) is 13.1. The van der Waals surface area contributed by atoms with Crippen molar-refractivity contribution in [3.63, 3.8) is 0 Å². The summed E-state index contributed by atoms with van der Waals surface area (Å²) in [6.07, 6.45) is -5.14. The van der Waals surface area contributed by atoms with Crippen LogP contribution in [0.25, 0.3) is 10.9 Å². The lowest BCUT2D eigenvalue weighted by Crippen LogP contribution is -2.59. The molecule has 1 fully saturated rings.